The lowest BCUT2D eigenvalue weighted by Gasteiger charge is -2.08. The predicted octanol–water partition coefficient (Wildman–Crippen LogP) is 5.43. The maximum Gasteiger partial charge on any atom is 0.173 e. The molecule has 0 saturated carbocycles. The summed E-state index contributed by atoms with van der Waals surface area (Å²) in [5.74, 6) is 0.664. The van der Waals surface area contributed by atoms with Crippen molar-refractivity contribution in [2.45, 2.75) is 18.7 Å². The molecule has 0 fully saturated rings. The first kappa shape index (κ1) is 14.9. The van der Waals surface area contributed by atoms with Gasteiger partial charge in [0.05, 0.1) is 5.75 Å². The Bertz CT molecular complexity index is 831. The number of carbonyl (C=O) groups is 1. The smallest absolute Gasteiger partial charge is 0.173 e. The van der Waals surface area contributed by atoms with Crippen molar-refractivity contribution >= 4 is 28.3 Å². The lowest BCUT2D eigenvalue weighted by atomic mass is 10.0. The third-order valence-corrected chi connectivity index (χ3v) is 4.88. The van der Waals surface area contributed by atoms with Gasteiger partial charge in [-0.15, -0.1) is 11.8 Å². The van der Waals surface area contributed by atoms with E-state index < -0.39 is 0 Å². The molecule has 0 heterocycles. The van der Waals surface area contributed by atoms with Crippen molar-refractivity contribution in [1.82, 2.24) is 0 Å². The lowest BCUT2D eigenvalue weighted by Crippen LogP contribution is -2.05. The molecule has 0 aromatic heterocycles. The average Bonchev–Trinajstić information content (AvgIpc) is 2.54. The molecule has 0 unspecified atom stereocenters. The summed E-state index contributed by atoms with van der Waals surface area (Å²) in [5, 5.41) is 2.43. The van der Waals surface area contributed by atoms with Crippen LogP contribution >= 0.6 is 11.8 Å². The second-order valence-corrected chi connectivity index (χ2v) is 6.52. The standard InChI is InChI=1S/C20H18OS/c1-14-10-11-15(2)18(12-14)19(21)13-22-20-9-5-7-16-6-3-4-8-17(16)20/h3-12H,13H2,1-2H3. The van der Waals surface area contributed by atoms with Crippen molar-refractivity contribution in [3.63, 3.8) is 0 Å². The number of fused-ring (bicyclic) bond motifs is 1. The maximum atomic E-state index is 12.5. The van der Waals surface area contributed by atoms with Gasteiger partial charge in [-0.3, -0.25) is 4.79 Å². The zero-order valence-corrected chi connectivity index (χ0v) is 13.6. The topological polar surface area (TPSA) is 17.1 Å². The van der Waals surface area contributed by atoms with Crippen LogP contribution in [0.2, 0.25) is 0 Å². The van der Waals surface area contributed by atoms with Gasteiger partial charge < -0.3 is 0 Å². The second kappa shape index (κ2) is 6.37. The van der Waals surface area contributed by atoms with E-state index in [1.54, 1.807) is 11.8 Å². The zero-order chi connectivity index (χ0) is 15.5. The van der Waals surface area contributed by atoms with Crippen molar-refractivity contribution < 1.29 is 4.79 Å². The molecular weight excluding hydrogens is 288 g/mol. The van der Waals surface area contributed by atoms with Crippen LogP contribution in [0.15, 0.2) is 65.6 Å². The van der Waals surface area contributed by atoms with Crippen LogP contribution in [0.5, 0.6) is 0 Å². The maximum absolute atomic E-state index is 12.5. The lowest BCUT2D eigenvalue weighted by molar-refractivity contribution is 0.102. The molecule has 22 heavy (non-hydrogen) atoms. The summed E-state index contributed by atoms with van der Waals surface area (Å²) in [6, 6.07) is 20.6. The summed E-state index contributed by atoms with van der Waals surface area (Å²) in [6.07, 6.45) is 0. The van der Waals surface area contributed by atoms with Crippen molar-refractivity contribution in [2.24, 2.45) is 0 Å². The largest absolute Gasteiger partial charge is 0.293 e. The summed E-state index contributed by atoms with van der Waals surface area (Å²) in [5.41, 5.74) is 3.02. The number of hydrogen-bond donors (Lipinski definition) is 0. The van der Waals surface area contributed by atoms with E-state index >= 15 is 0 Å². The highest BCUT2D eigenvalue weighted by Gasteiger charge is 2.11. The van der Waals surface area contributed by atoms with Gasteiger partial charge in [-0.1, -0.05) is 54.1 Å². The van der Waals surface area contributed by atoms with E-state index in [2.05, 4.69) is 24.3 Å². The van der Waals surface area contributed by atoms with Crippen LogP contribution in [0.4, 0.5) is 0 Å². The van der Waals surface area contributed by atoms with Crippen LogP contribution < -0.4 is 0 Å². The van der Waals surface area contributed by atoms with Gasteiger partial charge in [-0.2, -0.15) is 0 Å². The Balaban J connectivity index is 1.82. The van der Waals surface area contributed by atoms with Gasteiger partial charge in [-0.05, 0) is 42.3 Å². The third-order valence-electron chi connectivity index (χ3n) is 3.80. The Morgan fingerprint density at radius 1 is 0.955 bits per heavy atom. The molecule has 3 aromatic rings. The van der Waals surface area contributed by atoms with Crippen molar-refractivity contribution in [3.05, 3.63) is 77.4 Å². The monoisotopic (exact) mass is 306 g/mol. The zero-order valence-electron chi connectivity index (χ0n) is 12.8. The number of carbonyl (C=O) groups excluding carboxylic acids is 1. The fraction of sp³-hybridized carbons (Fsp3) is 0.150. The molecule has 0 amide bonds. The Morgan fingerprint density at radius 2 is 1.73 bits per heavy atom. The average molecular weight is 306 g/mol. The van der Waals surface area contributed by atoms with Crippen molar-refractivity contribution in [1.29, 1.82) is 0 Å². The van der Waals surface area contributed by atoms with E-state index in [1.807, 2.05) is 50.2 Å². The van der Waals surface area contributed by atoms with Gasteiger partial charge in [-0.25, -0.2) is 0 Å². The quantitative estimate of drug-likeness (QED) is 0.472. The van der Waals surface area contributed by atoms with E-state index in [0.29, 0.717) is 5.75 Å². The highest BCUT2D eigenvalue weighted by atomic mass is 32.2. The Hall–Kier alpha value is -2.06. The number of hydrogen-bond acceptors (Lipinski definition) is 2. The number of benzene rings is 3. The van der Waals surface area contributed by atoms with E-state index in [4.69, 9.17) is 0 Å². The molecule has 3 aromatic carbocycles. The minimum absolute atomic E-state index is 0.194. The molecule has 3 rings (SSSR count). The molecule has 0 aliphatic carbocycles. The first-order valence-corrected chi connectivity index (χ1v) is 8.35. The molecule has 0 saturated heterocycles. The minimum atomic E-state index is 0.194. The van der Waals surface area contributed by atoms with Crippen molar-refractivity contribution in [2.75, 3.05) is 5.75 Å². The Morgan fingerprint density at radius 3 is 2.59 bits per heavy atom. The highest BCUT2D eigenvalue weighted by Crippen LogP contribution is 2.28. The summed E-state index contributed by atoms with van der Waals surface area (Å²) >= 11 is 1.62. The van der Waals surface area contributed by atoms with Crippen molar-refractivity contribution in [3.8, 4) is 0 Å². The summed E-state index contributed by atoms with van der Waals surface area (Å²) in [6.45, 7) is 4.02. The van der Waals surface area contributed by atoms with Gasteiger partial charge >= 0.3 is 0 Å². The summed E-state index contributed by atoms with van der Waals surface area (Å²) in [4.78, 5) is 13.7. The number of ketones is 1. The highest BCUT2D eigenvalue weighted by molar-refractivity contribution is 8.00. The number of thioether (sulfide) groups is 1. The van der Waals surface area contributed by atoms with Gasteiger partial charge in [0.2, 0.25) is 0 Å². The molecule has 0 aliphatic heterocycles. The fourth-order valence-corrected chi connectivity index (χ4v) is 3.54. The van der Waals surface area contributed by atoms with Gasteiger partial charge in [0.1, 0.15) is 0 Å². The second-order valence-electron chi connectivity index (χ2n) is 5.51. The molecule has 1 nitrogen and oxygen atoms in total. The molecule has 0 aliphatic rings. The van der Waals surface area contributed by atoms with Crippen LogP contribution in [0.25, 0.3) is 10.8 Å². The van der Waals surface area contributed by atoms with Crippen LogP contribution in [0, 0.1) is 13.8 Å². The predicted molar refractivity (Wildman–Crippen MR) is 94.9 cm³/mol. The van der Waals surface area contributed by atoms with E-state index in [1.165, 1.54) is 10.8 Å². The Kier molecular flexibility index (Phi) is 4.30. The number of rotatable bonds is 4. The minimum Gasteiger partial charge on any atom is -0.293 e. The molecule has 0 atom stereocenters. The van der Waals surface area contributed by atoms with Crippen LogP contribution in [-0.2, 0) is 0 Å². The van der Waals surface area contributed by atoms with Crippen LogP contribution in [0.1, 0.15) is 21.5 Å². The molecule has 0 spiro atoms. The van der Waals surface area contributed by atoms with Crippen LogP contribution in [-0.4, -0.2) is 11.5 Å². The molecule has 0 bridgehead atoms. The molecule has 0 N–H and O–H groups in total. The summed E-state index contributed by atoms with van der Waals surface area (Å²) < 4.78 is 0. The SMILES string of the molecule is Cc1ccc(C)c(C(=O)CSc2cccc3ccccc23)c1. The first-order chi connectivity index (χ1) is 10.6. The molecule has 2 heteroatoms. The third kappa shape index (κ3) is 3.07. The number of aryl methyl sites for hydroxylation is 2. The van der Waals surface area contributed by atoms with Gasteiger partial charge in [0, 0.05) is 10.5 Å². The Labute approximate surface area is 135 Å². The fourth-order valence-electron chi connectivity index (χ4n) is 2.58. The number of Topliss-reactive ketones (excluding diaryl/α,β-unsaturated/α-hetero) is 1. The normalized spacial score (nSPS) is 10.8. The van der Waals surface area contributed by atoms with E-state index in [9.17, 15) is 4.79 Å². The van der Waals surface area contributed by atoms with E-state index in [0.717, 1.165) is 21.6 Å². The van der Waals surface area contributed by atoms with Gasteiger partial charge in [0.25, 0.3) is 0 Å². The summed E-state index contributed by atoms with van der Waals surface area (Å²) in [7, 11) is 0. The molecule has 0 radical (unpaired) electrons. The van der Waals surface area contributed by atoms with Crippen LogP contribution in [0.3, 0.4) is 0 Å². The molecule has 110 valence electrons. The van der Waals surface area contributed by atoms with E-state index in [-0.39, 0.29) is 5.78 Å². The van der Waals surface area contributed by atoms with Gasteiger partial charge in [0.15, 0.2) is 5.78 Å². The molecular formula is C20H18OS. The first-order valence-electron chi connectivity index (χ1n) is 7.36.